The molecule has 33 heavy (non-hydrogen) atoms. The lowest BCUT2D eigenvalue weighted by atomic mass is 10.00. The van der Waals surface area contributed by atoms with Gasteiger partial charge in [-0.15, -0.1) is 0 Å². The summed E-state index contributed by atoms with van der Waals surface area (Å²) in [4.78, 5) is 23.7. The highest BCUT2D eigenvalue weighted by atomic mass is 32.2. The Bertz CT molecular complexity index is 959. The van der Waals surface area contributed by atoms with Gasteiger partial charge in [-0.3, -0.25) is 4.79 Å². The summed E-state index contributed by atoms with van der Waals surface area (Å²) in [7, 11) is -3.85. The van der Waals surface area contributed by atoms with Crippen LogP contribution in [0.15, 0.2) is 23.1 Å². The van der Waals surface area contributed by atoms with E-state index in [0.29, 0.717) is 36.3 Å². The minimum atomic E-state index is -4.97. The minimum Gasteiger partial charge on any atom is -0.444 e. The molecule has 186 valence electrons. The molecule has 0 unspecified atom stereocenters. The van der Waals surface area contributed by atoms with Gasteiger partial charge in [-0.25, -0.2) is 17.9 Å². The van der Waals surface area contributed by atoms with Crippen molar-refractivity contribution in [3.63, 3.8) is 0 Å². The number of benzene rings is 1. The van der Waals surface area contributed by atoms with Crippen LogP contribution in [0, 0.1) is 0 Å². The Kier molecular flexibility index (Phi) is 8.75. The number of hydrogen-bond donors (Lipinski definition) is 2. The lowest BCUT2D eigenvalue weighted by Crippen LogP contribution is -2.43. The highest BCUT2D eigenvalue weighted by molar-refractivity contribution is 7.89. The molecule has 0 atom stereocenters. The number of carbonyl (C=O) groups excluding carboxylic acids is 2. The van der Waals surface area contributed by atoms with E-state index < -0.39 is 33.8 Å². The zero-order valence-electron chi connectivity index (χ0n) is 18.9. The van der Waals surface area contributed by atoms with Crippen LogP contribution in [0.25, 0.3) is 0 Å². The molecule has 0 bridgehead atoms. The van der Waals surface area contributed by atoms with Gasteiger partial charge in [-0.1, -0.05) is 12.5 Å². The molecule has 1 aliphatic rings. The maximum Gasteiger partial charge on any atom is 0.471 e. The smallest absolute Gasteiger partial charge is 0.444 e. The topological polar surface area (TPSA) is 105 Å². The summed E-state index contributed by atoms with van der Waals surface area (Å²) in [5.41, 5.74) is 0.526. The number of halogens is 3. The summed E-state index contributed by atoms with van der Waals surface area (Å²) in [6, 6.07) is 4.30. The normalized spacial score (nSPS) is 14.5. The van der Waals surface area contributed by atoms with Crippen molar-refractivity contribution in [3.8, 4) is 0 Å². The van der Waals surface area contributed by atoms with E-state index >= 15 is 0 Å². The number of carbonyl (C=O) groups is 2. The second-order valence-corrected chi connectivity index (χ2v) is 10.6. The van der Waals surface area contributed by atoms with Crippen LogP contribution in [-0.4, -0.2) is 56.7 Å². The molecule has 0 saturated carbocycles. The fourth-order valence-corrected chi connectivity index (χ4v) is 4.40. The van der Waals surface area contributed by atoms with Gasteiger partial charge in [0.05, 0.1) is 4.90 Å². The average Bonchev–Trinajstić information content (AvgIpc) is 2.69. The maximum atomic E-state index is 12.7. The third-order valence-corrected chi connectivity index (χ3v) is 6.30. The zero-order valence-corrected chi connectivity index (χ0v) is 19.7. The van der Waals surface area contributed by atoms with Crippen molar-refractivity contribution < 1.29 is 35.9 Å². The number of fused-ring (bicyclic) bond motifs is 1. The van der Waals surface area contributed by atoms with Gasteiger partial charge in [-0.2, -0.15) is 13.2 Å². The number of nitrogens with zero attached hydrogens (tertiary/aromatic N) is 1. The van der Waals surface area contributed by atoms with Crippen LogP contribution in [-0.2, 0) is 32.5 Å². The van der Waals surface area contributed by atoms with Crippen molar-refractivity contribution in [3.05, 3.63) is 29.3 Å². The molecule has 1 aliphatic heterocycles. The molecule has 8 nitrogen and oxygen atoms in total. The summed E-state index contributed by atoms with van der Waals surface area (Å²) in [6.07, 6.45) is -3.41. The molecule has 1 aromatic rings. The number of amides is 2. The van der Waals surface area contributed by atoms with Crippen molar-refractivity contribution in [2.75, 3.05) is 19.6 Å². The Morgan fingerprint density at radius 3 is 2.36 bits per heavy atom. The van der Waals surface area contributed by atoms with Gasteiger partial charge in [0, 0.05) is 26.2 Å². The Morgan fingerprint density at radius 2 is 1.73 bits per heavy atom. The van der Waals surface area contributed by atoms with E-state index in [9.17, 15) is 31.2 Å². The van der Waals surface area contributed by atoms with Crippen LogP contribution in [0.2, 0.25) is 0 Å². The molecule has 1 aromatic carbocycles. The van der Waals surface area contributed by atoms with E-state index in [-0.39, 0.29) is 31.0 Å². The largest absolute Gasteiger partial charge is 0.471 e. The molecule has 2 rings (SSSR count). The van der Waals surface area contributed by atoms with Crippen molar-refractivity contribution in [2.45, 2.75) is 69.7 Å². The molecular weight excluding hydrogens is 463 g/mol. The van der Waals surface area contributed by atoms with E-state index in [1.165, 1.54) is 12.1 Å². The fraction of sp³-hybridized carbons (Fsp3) is 0.619. The van der Waals surface area contributed by atoms with Gasteiger partial charge in [-0.05, 0) is 63.3 Å². The minimum absolute atomic E-state index is 0.0610. The molecule has 1 heterocycles. The van der Waals surface area contributed by atoms with Crippen molar-refractivity contribution in [1.82, 2.24) is 14.9 Å². The monoisotopic (exact) mass is 493 g/mol. The van der Waals surface area contributed by atoms with Crippen LogP contribution in [0.4, 0.5) is 18.0 Å². The number of alkyl carbamates (subject to hydrolysis) is 1. The lowest BCUT2D eigenvalue weighted by Gasteiger charge is -2.29. The SMILES string of the molecule is CC(C)(C)OC(=O)NCCCCCNS(=O)(=O)c1ccc2c(c1)CN(C(=O)C(F)(F)F)CC2. The molecule has 2 N–H and O–H groups in total. The molecular formula is C21H30F3N3O5S. The van der Waals surface area contributed by atoms with E-state index in [0.717, 1.165) is 5.56 Å². The Balaban J connectivity index is 1.82. The second-order valence-electron chi connectivity index (χ2n) is 8.79. The molecule has 0 radical (unpaired) electrons. The predicted octanol–water partition coefficient (Wildman–Crippen LogP) is 3.11. The highest BCUT2D eigenvalue weighted by Gasteiger charge is 2.43. The Morgan fingerprint density at radius 1 is 1.06 bits per heavy atom. The van der Waals surface area contributed by atoms with Crippen LogP contribution < -0.4 is 10.0 Å². The van der Waals surface area contributed by atoms with Crippen LogP contribution in [0.1, 0.15) is 51.2 Å². The number of rotatable bonds is 8. The summed E-state index contributed by atoms with van der Waals surface area (Å²) < 4.78 is 70.8. The first kappa shape index (κ1) is 26.9. The summed E-state index contributed by atoms with van der Waals surface area (Å²) in [5, 5.41) is 2.62. The summed E-state index contributed by atoms with van der Waals surface area (Å²) in [6.45, 7) is 5.50. The van der Waals surface area contributed by atoms with E-state index in [1.807, 2.05) is 0 Å². The van der Waals surface area contributed by atoms with E-state index in [2.05, 4.69) is 10.0 Å². The third-order valence-electron chi connectivity index (χ3n) is 4.84. The first-order valence-corrected chi connectivity index (χ1v) is 12.1. The van der Waals surface area contributed by atoms with Gasteiger partial charge in [0.15, 0.2) is 0 Å². The van der Waals surface area contributed by atoms with Crippen LogP contribution in [0.5, 0.6) is 0 Å². The van der Waals surface area contributed by atoms with Crippen molar-refractivity contribution >= 4 is 22.0 Å². The molecule has 0 spiro atoms. The highest BCUT2D eigenvalue weighted by Crippen LogP contribution is 2.26. The van der Waals surface area contributed by atoms with Crippen molar-refractivity contribution in [2.24, 2.45) is 0 Å². The standard InChI is InChI=1S/C21H30F3N3O5S/c1-20(2,3)32-19(29)25-10-5-4-6-11-26-33(30,31)17-8-7-15-9-12-27(14-16(15)13-17)18(28)21(22,23)24/h7-8,13,26H,4-6,9-12,14H2,1-3H3,(H,25,29). The quantitative estimate of drug-likeness (QED) is 0.542. The predicted molar refractivity (Wildman–Crippen MR) is 115 cm³/mol. The van der Waals surface area contributed by atoms with E-state index in [4.69, 9.17) is 4.74 Å². The molecule has 0 saturated heterocycles. The van der Waals surface area contributed by atoms with Gasteiger partial charge in [0.2, 0.25) is 10.0 Å². The first-order valence-electron chi connectivity index (χ1n) is 10.6. The molecule has 0 fully saturated rings. The first-order chi connectivity index (χ1) is 15.2. The molecule has 2 amide bonds. The molecule has 0 aliphatic carbocycles. The van der Waals surface area contributed by atoms with E-state index in [1.54, 1.807) is 26.8 Å². The number of unbranched alkanes of at least 4 members (excludes halogenated alkanes) is 2. The zero-order chi connectivity index (χ0) is 24.9. The fourth-order valence-electron chi connectivity index (χ4n) is 3.27. The number of nitrogens with one attached hydrogen (secondary N) is 2. The van der Waals surface area contributed by atoms with Gasteiger partial charge in [0.1, 0.15) is 5.60 Å². The van der Waals surface area contributed by atoms with Crippen LogP contribution >= 0.6 is 0 Å². The van der Waals surface area contributed by atoms with Crippen LogP contribution in [0.3, 0.4) is 0 Å². The lowest BCUT2D eigenvalue weighted by molar-refractivity contribution is -0.186. The number of alkyl halides is 3. The molecule has 12 heteroatoms. The van der Waals surface area contributed by atoms with Gasteiger partial charge in [0.25, 0.3) is 0 Å². The molecule has 0 aromatic heterocycles. The number of sulfonamides is 1. The van der Waals surface area contributed by atoms with Gasteiger partial charge < -0.3 is 15.0 Å². The maximum absolute atomic E-state index is 12.7. The number of hydrogen-bond acceptors (Lipinski definition) is 5. The van der Waals surface area contributed by atoms with Crippen molar-refractivity contribution in [1.29, 1.82) is 0 Å². The summed E-state index contributed by atoms with van der Waals surface area (Å²) >= 11 is 0. The average molecular weight is 494 g/mol. The number of ether oxygens (including phenoxy) is 1. The second kappa shape index (κ2) is 10.7. The van der Waals surface area contributed by atoms with Gasteiger partial charge >= 0.3 is 18.2 Å². The Hall–Kier alpha value is -2.34. The Labute approximate surface area is 191 Å². The summed E-state index contributed by atoms with van der Waals surface area (Å²) in [5.74, 6) is -1.93. The third kappa shape index (κ3) is 8.50.